The highest BCUT2D eigenvalue weighted by Crippen LogP contribution is 2.24. The van der Waals surface area contributed by atoms with E-state index in [0.717, 1.165) is 11.1 Å². The van der Waals surface area contributed by atoms with E-state index in [1.165, 1.54) is 0 Å². The maximum atomic E-state index is 12.6. The minimum absolute atomic E-state index is 0.0228. The van der Waals surface area contributed by atoms with E-state index in [1.54, 1.807) is 71.9 Å². The largest absolute Gasteiger partial charge is 0.312 e. The molecule has 0 radical (unpaired) electrons. The zero-order valence-corrected chi connectivity index (χ0v) is 19.8. The van der Waals surface area contributed by atoms with Gasteiger partial charge in [-0.05, 0) is 49.2 Å². The molecular formula is C23H20Cl2N6O3. The third kappa shape index (κ3) is 5.11. The summed E-state index contributed by atoms with van der Waals surface area (Å²) in [6.07, 6.45) is 1.76. The van der Waals surface area contributed by atoms with E-state index >= 15 is 0 Å². The lowest BCUT2D eigenvalue weighted by atomic mass is 10.1. The Hall–Kier alpha value is -3.69. The van der Waals surface area contributed by atoms with Crippen LogP contribution in [0.3, 0.4) is 0 Å². The van der Waals surface area contributed by atoms with Gasteiger partial charge in [0.25, 0.3) is 5.91 Å². The molecule has 0 saturated heterocycles. The number of amides is 1. The van der Waals surface area contributed by atoms with Crippen molar-refractivity contribution in [3.05, 3.63) is 103 Å². The molecule has 2 heterocycles. The summed E-state index contributed by atoms with van der Waals surface area (Å²) in [5, 5.41) is 23.5. The number of carbonyl (C=O) groups is 1. The molecular weight excluding hydrogens is 479 g/mol. The van der Waals surface area contributed by atoms with Crippen molar-refractivity contribution in [3.8, 4) is 0 Å². The minimum Gasteiger partial charge on any atom is -0.305 e. The van der Waals surface area contributed by atoms with Crippen LogP contribution in [-0.4, -0.2) is 30.4 Å². The van der Waals surface area contributed by atoms with E-state index in [0.29, 0.717) is 45.9 Å². The second kappa shape index (κ2) is 9.66. The first-order valence-electron chi connectivity index (χ1n) is 10.3. The summed E-state index contributed by atoms with van der Waals surface area (Å²) in [6.45, 7) is 4.12. The highest BCUT2D eigenvalue weighted by Gasteiger charge is 2.21. The number of rotatable bonds is 7. The normalized spacial score (nSPS) is 10.9. The lowest BCUT2D eigenvalue weighted by molar-refractivity contribution is -0.386. The Balaban J connectivity index is 1.39. The molecule has 0 fully saturated rings. The molecule has 0 aliphatic heterocycles. The zero-order valence-electron chi connectivity index (χ0n) is 18.3. The fraction of sp³-hybridized carbons (Fsp3) is 0.174. The third-order valence-electron chi connectivity index (χ3n) is 5.29. The SMILES string of the molecule is Cc1nn(Cc2ccc(C(=O)Nc3ccn(Cc4ccc(Cl)c(Cl)c4)n3)cc2)c(C)c1[N+](=O)[O-]. The number of aromatic nitrogens is 4. The highest BCUT2D eigenvalue weighted by atomic mass is 35.5. The van der Waals surface area contributed by atoms with Crippen LogP contribution in [0.2, 0.25) is 10.0 Å². The second-order valence-electron chi connectivity index (χ2n) is 7.73. The molecule has 9 nitrogen and oxygen atoms in total. The first-order chi connectivity index (χ1) is 16.2. The molecule has 0 bridgehead atoms. The van der Waals surface area contributed by atoms with Crippen LogP contribution < -0.4 is 5.32 Å². The lowest BCUT2D eigenvalue weighted by Gasteiger charge is -2.06. The van der Waals surface area contributed by atoms with Crippen molar-refractivity contribution in [3.63, 3.8) is 0 Å². The monoisotopic (exact) mass is 498 g/mol. The molecule has 0 unspecified atom stereocenters. The predicted molar refractivity (Wildman–Crippen MR) is 130 cm³/mol. The number of nitrogens with zero attached hydrogens (tertiary/aromatic N) is 5. The van der Waals surface area contributed by atoms with Crippen LogP contribution in [0.4, 0.5) is 11.5 Å². The summed E-state index contributed by atoms with van der Waals surface area (Å²) in [5.41, 5.74) is 3.14. The molecule has 0 saturated carbocycles. The van der Waals surface area contributed by atoms with Crippen LogP contribution in [0.25, 0.3) is 0 Å². The van der Waals surface area contributed by atoms with Gasteiger partial charge in [-0.2, -0.15) is 10.2 Å². The third-order valence-corrected chi connectivity index (χ3v) is 6.02. The zero-order chi connectivity index (χ0) is 24.4. The Kier molecular flexibility index (Phi) is 6.67. The maximum absolute atomic E-state index is 12.6. The van der Waals surface area contributed by atoms with Crippen molar-refractivity contribution in [2.24, 2.45) is 0 Å². The molecule has 0 aliphatic rings. The van der Waals surface area contributed by atoms with Crippen molar-refractivity contribution in [2.75, 3.05) is 5.32 Å². The van der Waals surface area contributed by atoms with Gasteiger partial charge in [0.1, 0.15) is 11.4 Å². The van der Waals surface area contributed by atoms with Gasteiger partial charge in [-0.15, -0.1) is 0 Å². The van der Waals surface area contributed by atoms with Crippen LogP contribution in [0.1, 0.15) is 32.9 Å². The van der Waals surface area contributed by atoms with E-state index < -0.39 is 4.92 Å². The molecule has 2 aromatic carbocycles. The van der Waals surface area contributed by atoms with Gasteiger partial charge in [-0.25, -0.2) is 0 Å². The highest BCUT2D eigenvalue weighted by molar-refractivity contribution is 6.42. The van der Waals surface area contributed by atoms with Crippen molar-refractivity contribution < 1.29 is 9.72 Å². The van der Waals surface area contributed by atoms with E-state index in [2.05, 4.69) is 15.5 Å². The molecule has 1 amide bonds. The van der Waals surface area contributed by atoms with Crippen molar-refractivity contribution >= 4 is 40.6 Å². The number of nitro groups is 1. The second-order valence-corrected chi connectivity index (χ2v) is 8.55. The number of benzene rings is 2. The summed E-state index contributed by atoms with van der Waals surface area (Å²) in [5.74, 6) is 0.122. The maximum Gasteiger partial charge on any atom is 0.312 e. The summed E-state index contributed by atoms with van der Waals surface area (Å²) in [4.78, 5) is 23.4. The van der Waals surface area contributed by atoms with Gasteiger partial charge >= 0.3 is 5.69 Å². The number of halogens is 2. The van der Waals surface area contributed by atoms with Crippen LogP contribution in [0, 0.1) is 24.0 Å². The fourth-order valence-electron chi connectivity index (χ4n) is 3.57. The van der Waals surface area contributed by atoms with Crippen molar-refractivity contribution in [1.82, 2.24) is 19.6 Å². The standard InChI is InChI=1S/C23H20Cl2N6O3/c1-14-22(31(33)34)15(2)30(27-14)13-16-3-6-18(7-4-16)23(32)26-21-9-10-29(28-21)12-17-5-8-19(24)20(25)11-17/h3-11H,12-13H2,1-2H3,(H,26,28,32). The van der Waals surface area contributed by atoms with Gasteiger partial charge in [0.2, 0.25) is 0 Å². The van der Waals surface area contributed by atoms with Crippen LogP contribution >= 0.6 is 23.2 Å². The summed E-state index contributed by atoms with van der Waals surface area (Å²) >= 11 is 12.0. The summed E-state index contributed by atoms with van der Waals surface area (Å²) < 4.78 is 3.27. The molecule has 0 spiro atoms. The first kappa shape index (κ1) is 23.5. The van der Waals surface area contributed by atoms with Crippen LogP contribution in [0.5, 0.6) is 0 Å². The Morgan fingerprint density at radius 2 is 1.71 bits per heavy atom. The number of hydrogen-bond acceptors (Lipinski definition) is 5. The Labute approximate surface area is 205 Å². The molecule has 11 heteroatoms. The average Bonchev–Trinajstić information content (AvgIpc) is 3.34. The van der Waals surface area contributed by atoms with Crippen molar-refractivity contribution in [1.29, 1.82) is 0 Å². The molecule has 0 atom stereocenters. The fourth-order valence-corrected chi connectivity index (χ4v) is 3.89. The Bertz CT molecular complexity index is 1380. The van der Waals surface area contributed by atoms with Crippen LogP contribution in [0.15, 0.2) is 54.7 Å². The number of hydrogen-bond donors (Lipinski definition) is 1. The topological polar surface area (TPSA) is 108 Å². The van der Waals surface area contributed by atoms with Gasteiger partial charge in [-0.3, -0.25) is 24.3 Å². The lowest BCUT2D eigenvalue weighted by Crippen LogP contribution is -2.13. The molecule has 4 aromatic rings. The Morgan fingerprint density at radius 3 is 2.35 bits per heavy atom. The van der Waals surface area contributed by atoms with E-state index in [9.17, 15) is 14.9 Å². The molecule has 174 valence electrons. The van der Waals surface area contributed by atoms with E-state index in [-0.39, 0.29) is 11.6 Å². The van der Waals surface area contributed by atoms with Crippen molar-refractivity contribution in [2.45, 2.75) is 26.9 Å². The molecule has 2 aromatic heterocycles. The average molecular weight is 499 g/mol. The van der Waals surface area contributed by atoms with Gasteiger partial charge in [0.05, 0.1) is 28.1 Å². The van der Waals surface area contributed by atoms with E-state index in [4.69, 9.17) is 23.2 Å². The Morgan fingerprint density at radius 1 is 1.00 bits per heavy atom. The molecule has 1 N–H and O–H groups in total. The molecule has 4 rings (SSSR count). The predicted octanol–water partition coefficient (Wildman–Crippen LogP) is 5.26. The van der Waals surface area contributed by atoms with Gasteiger partial charge in [-0.1, -0.05) is 41.4 Å². The first-order valence-corrected chi connectivity index (χ1v) is 11.0. The van der Waals surface area contributed by atoms with E-state index in [1.807, 2.05) is 6.07 Å². The number of nitrogens with one attached hydrogen (secondary N) is 1. The number of anilines is 1. The van der Waals surface area contributed by atoms with Crippen LogP contribution in [-0.2, 0) is 13.1 Å². The number of aryl methyl sites for hydroxylation is 1. The summed E-state index contributed by atoms with van der Waals surface area (Å²) in [7, 11) is 0. The molecule has 0 aliphatic carbocycles. The van der Waals surface area contributed by atoms with Gasteiger partial charge in [0, 0.05) is 17.8 Å². The molecule has 34 heavy (non-hydrogen) atoms. The smallest absolute Gasteiger partial charge is 0.305 e. The van der Waals surface area contributed by atoms with Gasteiger partial charge < -0.3 is 5.32 Å². The quantitative estimate of drug-likeness (QED) is 0.276. The summed E-state index contributed by atoms with van der Waals surface area (Å²) in [6, 6.07) is 14.0. The minimum atomic E-state index is -0.423. The van der Waals surface area contributed by atoms with Gasteiger partial charge in [0.15, 0.2) is 5.82 Å². The number of carbonyl (C=O) groups excluding carboxylic acids is 1.